The van der Waals surface area contributed by atoms with E-state index >= 15 is 0 Å². The van der Waals surface area contributed by atoms with Crippen molar-refractivity contribution < 1.29 is 33.6 Å². The Hall–Kier alpha value is -3.58. The smallest absolute Gasteiger partial charge is 0.304 e. The van der Waals surface area contributed by atoms with Crippen LogP contribution in [0.5, 0.6) is 5.75 Å². The summed E-state index contributed by atoms with van der Waals surface area (Å²) in [5.41, 5.74) is 10.9. The summed E-state index contributed by atoms with van der Waals surface area (Å²) in [6.45, 7) is 7.63. The summed E-state index contributed by atoms with van der Waals surface area (Å²) in [6.07, 6.45) is 5.37. The molecule has 50 heavy (non-hydrogen) atoms. The molecule has 0 saturated carbocycles. The van der Waals surface area contributed by atoms with Gasteiger partial charge in [0, 0.05) is 31.2 Å². The minimum absolute atomic E-state index is 0.0844. The van der Waals surface area contributed by atoms with Gasteiger partial charge in [-0.3, -0.25) is 4.79 Å². The van der Waals surface area contributed by atoms with E-state index in [1.807, 2.05) is 36.4 Å². The van der Waals surface area contributed by atoms with Crippen molar-refractivity contribution in [3.8, 4) is 16.9 Å². The fraction of sp³-hybridized carbons (Fsp3) is 0.538. The molecule has 11 heteroatoms. The molecule has 0 bridgehead atoms. The highest BCUT2D eigenvalue weighted by molar-refractivity contribution is 5.69. The van der Waals surface area contributed by atoms with Gasteiger partial charge in [0.1, 0.15) is 18.2 Å². The quantitative estimate of drug-likeness (QED) is 0.0978. The number of nitrogens with two attached hydrogens (primary N) is 1. The molecule has 0 radical (unpaired) electrons. The van der Waals surface area contributed by atoms with E-state index in [9.17, 15) is 9.90 Å². The minimum Gasteiger partial charge on any atom is -0.491 e. The van der Waals surface area contributed by atoms with Gasteiger partial charge in [0.05, 0.1) is 59.3 Å². The first-order valence-electron chi connectivity index (χ1n) is 18.0. The van der Waals surface area contributed by atoms with Crippen LogP contribution in [0, 0.1) is 0 Å². The van der Waals surface area contributed by atoms with Gasteiger partial charge in [0.2, 0.25) is 0 Å². The molecule has 11 nitrogen and oxygen atoms in total. The van der Waals surface area contributed by atoms with Crippen LogP contribution in [0.2, 0.25) is 0 Å². The van der Waals surface area contributed by atoms with Gasteiger partial charge >= 0.3 is 5.97 Å². The van der Waals surface area contributed by atoms with E-state index in [0.717, 1.165) is 79.1 Å². The second-order valence-corrected chi connectivity index (χ2v) is 12.6. The van der Waals surface area contributed by atoms with Crippen molar-refractivity contribution in [1.29, 1.82) is 0 Å². The van der Waals surface area contributed by atoms with Gasteiger partial charge in [-0.15, -0.1) is 0 Å². The number of nitrogens with zero attached hydrogens (tertiary/aromatic N) is 2. The van der Waals surface area contributed by atoms with Gasteiger partial charge in [-0.2, -0.15) is 0 Å². The number of carboxylic acids is 1. The predicted octanol–water partition coefficient (Wildman–Crippen LogP) is 5.02. The molecule has 4 N–H and O–H groups in total. The normalized spacial score (nSPS) is 13.2. The first-order valence-corrected chi connectivity index (χ1v) is 18.0. The number of nitrogens with one attached hydrogen (secondary N) is 1. The molecule has 0 fully saturated rings. The van der Waals surface area contributed by atoms with Crippen LogP contribution in [0.15, 0.2) is 60.7 Å². The molecule has 4 rings (SSSR count). The number of unbranched alkanes of at least 4 members (excludes halogenated alkanes) is 1. The number of pyridine rings is 1. The van der Waals surface area contributed by atoms with Gasteiger partial charge in [-0.05, 0) is 86.1 Å². The van der Waals surface area contributed by atoms with Crippen molar-refractivity contribution in [1.82, 2.24) is 9.88 Å². The molecule has 0 saturated heterocycles. The van der Waals surface area contributed by atoms with Crippen molar-refractivity contribution in [3.05, 3.63) is 77.5 Å². The van der Waals surface area contributed by atoms with Crippen molar-refractivity contribution in [2.45, 2.75) is 44.4 Å². The van der Waals surface area contributed by atoms with Gasteiger partial charge in [-0.25, -0.2) is 4.98 Å². The minimum atomic E-state index is -0.787. The largest absolute Gasteiger partial charge is 0.491 e. The van der Waals surface area contributed by atoms with Crippen LogP contribution in [0.4, 0.5) is 5.82 Å². The molecule has 0 aliphatic carbocycles. The highest BCUT2D eigenvalue weighted by atomic mass is 16.6. The molecule has 3 aromatic rings. The lowest BCUT2D eigenvalue weighted by atomic mass is 9.92. The molecule has 1 unspecified atom stereocenters. The molecule has 2 aromatic carbocycles. The average molecular weight is 693 g/mol. The number of aromatic nitrogens is 1. The lowest BCUT2D eigenvalue weighted by Gasteiger charge is -2.24. The van der Waals surface area contributed by atoms with Crippen LogP contribution in [0.1, 0.15) is 48.4 Å². The molecule has 1 atom stereocenters. The van der Waals surface area contributed by atoms with E-state index in [0.29, 0.717) is 72.6 Å². The van der Waals surface area contributed by atoms with E-state index in [1.54, 1.807) is 0 Å². The summed E-state index contributed by atoms with van der Waals surface area (Å²) in [6, 6.07) is 20.6. The number of aliphatic carboxylic acids is 1. The fourth-order valence-corrected chi connectivity index (χ4v) is 5.94. The van der Waals surface area contributed by atoms with Crippen molar-refractivity contribution in [2.24, 2.45) is 5.73 Å². The Morgan fingerprint density at radius 1 is 0.880 bits per heavy atom. The lowest BCUT2D eigenvalue weighted by Crippen LogP contribution is -2.27. The first kappa shape index (κ1) is 39.2. The first-order chi connectivity index (χ1) is 24.5. The maximum absolute atomic E-state index is 11.8. The summed E-state index contributed by atoms with van der Waals surface area (Å²) in [7, 11) is 2.08. The Morgan fingerprint density at radius 3 is 2.28 bits per heavy atom. The van der Waals surface area contributed by atoms with Gasteiger partial charge in [0.25, 0.3) is 0 Å². The van der Waals surface area contributed by atoms with E-state index in [-0.39, 0.29) is 12.3 Å². The molecule has 274 valence electrons. The molecule has 2 heterocycles. The Bertz CT molecular complexity index is 1390. The summed E-state index contributed by atoms with van der Waals surface area (Å²) >= 11 is 0. The number of likely N-dealkylation sites (N-methyl/N-ethyl adjacent to an activating group) is 1. The second-order valence-electron chi connectivity index (χ2n) is 12.6. The molecule has 1 aliphatic rings. The van der Waals surface area contributed by atoms with Crippen LogP contribution in [-0.4, -0.2) is 114 Å². The summed E-state index contributed by atoms with van der Waals surface area (Å²) in [5.74, 6) is 0.915. The number of hydrogen-bond acceptors (Lipinski definition) is 10. The van der Waals surface area contributed by atoms with Gasteiger partial charge < -0.3 is 44.7 Å². The number of hydrogen-bond donors (Lipinski definition) is 3. The molecular formula is C39H56N4O7. The van der Waals surface area contributed by atoms with Gasteiger partial charge in [0.15, 0.2) is 0 Å². The molecule has 1 aromatic heterocycles. The Kier molecular flexibility index (Phi) is 18.0. The number of carbonyl (C=O) groups is 1. The SMILES string of the molecule is CN(CCCCc1ccc2c(n1)NCCC2)CC(CC(=O)O)c1cccc(-c2ccc(OCCOCCOCCOCCOCCN)cc2)c1. The highest BCUT2D eigenvalue weighted by Gasteiger charge is 2.19. The second kappa shape index (κ2) is 23.0. The molecule has 0 spiro atoms. The standard InChI is InChI=1S/C39H56N4O7/c1-43(18-3-2-9-36-13-10-32-8-5-17-41-39(32)42-36)30-35(29-38(44)45)34-7-4-6-33(28-34)31-11-14-37(15-12-31)50-27-26-49-25-24-48-23-22-47-21-20-46-19-16-40/h4,6-7,10-15,28,35H,2-3,5,8-9,16-27,29-30,40H2,1H3,(H,41,42)(H,44,45). The van der Waals surface area contributed by atoms with Crippen LogP contribution in [0.3, 0.4) is 0 Å². The molecular weight excluding hydrogens is 636 g/mol. The van der Waals surface area contributed by atoms with E-state index in [2.05, 4.69) is 41.5 Å². The third-order valence-corrected chi connectivity index (χ3v) is 8.55. The number of benzene rings is 2. The zero-order valence-electron chi connectivity index (χ0n) is 29.7. The number of rotatable bonds is 26. The van der Waals surface area contributed by atoms with Crippen LogP contribution >= 0.6 is 0 Å². The monoisotopic (exact) mass is 692 g/mol. The van der Waals surface area contributed by atoms with Crippen LogP contribution in [-0.2, 0) is 36.6 Å². The Morgan fingerprint density at radius 2 is 1.58 bits per heavy atom. The lowest BCUT2D eigenvalue weighted by molar-refractivity contribution is -0.137. The zero-order valence-corrected chi connectivity index (χ0v) is 29.7. The van der Waals surface area contributed by atoms with Gasteiger partial charge in [-0.1, -0.05) is 42.5 Å². The van der Waals surface area contributed by atoms with Crippen molar-refractivity contribution in [3.63, 3.8) is 0 Å². The predicted molar refractivity (Wildman–Crippen MR) is 196 cm³/mol. The van der Waals surface area contributed by atoms with E-state index < -0.39 is 5.97 Å². The Balaban J connectivity index is 1.14. The number of ether oxygens (including phenoxy) is 5. The van der Waals surface area contributed by atoms with Crippen molar-refractivity contribution in [2.75, 3.05) is 98.0 Å². The maximum Gasteiger partial charge on any atom is 0.304 e. The highest BCUT2D eigenvalue weighted by Crippen LogP contribution is 2.28. The number of carboxylic acid groups (broad SMARTS) is 1. The Labute approximate surface area is 297 Å². The fourth-order valence-electron chi connectivity index (χ4n) is 5.94. The van der Waals surface area contributed by atoms with E-state index in [1.165, 1.54) is 5.56 Å². The maximum atomic E-state index is 11.8. The van der Waals surface area contributed by atoms with E-state index in [4.69, 9.17) is 34.4 Å². The average Bonchev–Trinajstić information content (AvgIpc) is 3.13. The topological polar surface area (TPSA) is 138 Å². The van der Waals surface area contributed by atoms with Crippen molar-refractivity contribution >= 4 is 11.8 Å². The number of aryl methyl sites for hydroxylation is 2. The summed E-state index contributed by atoms with van der Waals surface area (Å²) in [5, 5.41) is 13.1. The zero-order chi connectivity index (χ0) is 35.2. The van der Waals surface area contributed by atoms with Crippen LogP contribution < -0.4 is 15.8 Å². The number of fused-ring (bicyclic) bond motifs is 1. The summed E-state index contributed by atoms with van der Waals surface area (Å²) in [4.78, 5) is 18.9. The third kappa shape index (κ3) is 14.7. The number of anilines is 1. The summed E-state index contributed by atoms with van der Waals surface area (Å²) < 4.78 is 27.6. The third-order valence-electron chi connectivity index (χ3n) is 8.55. The molecule has 0 amide bonds. The van der Waals surface area contributed by atoms with Crippen LogP contribution in [0.25, 0.3) is 11.1 Å². The molecule has 1 aliphatic heterocycles.